The highest BCUT2D eigenvalue weighted by Gasteiger charge is 2.22. The number of carbonyl (C=O) groups excluding carboxylic acids is 1. The molecule has 0 saturated carbocycles. The first-order chi connectivity index (χ1) is 12.5. The number of methoxy groups -OCH3 is 1. The van der Waals surface area contributed by atoms with Gasteiger partial charge in [0.25, 0.3) is 5.91 Å². The largest absolute Gasteiger partial charge is 0.497 e. The average Bonchev–Trinajstić information content (AvgIpc) is 3.04. The molecule has 1 N–H and O–H groups in total. The molecular weight excluding hydrogens is 328 g/mol. The maximum absolute atomic E-state index is 12.6. The number of rotatable bonds is 6. The Morgan fingerprint density at radius 1 is 1.23 bits per heavy atom. The lowest BCUT2D eigenvalue weighted by atomic mass is 10.1. The minimum absolute atomic E-state index is 0.0930. The van der Waals surface area contributed by atoms with Crippen LogP contribution in [0.1, 0.15) is 48.7 Å². The standard InChI is InChI=1S/C20H28N4O2/c1-14(2)11-23-9-10-24-12-18(22-19(24)13-23)20(25)21-15(3)16-5-7-17(26-4)8-6-16/h5-8,12,14-15H,9-11,13H2,1-4H3,(H,21,25). The van der Waals surface area contributed by atoms with Crippen LogP contribution in [0.2, 0.25) is 0 Å². The van der Waals surface area contributed by atoms with E-state index in [2.05, 4.69) is 33.6 Å². The van der Waals surface area contributed by atoms with Crippen LogP contribution in [-0.2, 0) is 13.1 Å². The van der Waals surface area contributed by atoms with Crippen LogP contribution >= 0.6 is 0 Å². The van der Waals surface area contributed by atoms with Gasteiger partial charge in [-0.05, 0) is 30.5 Å². The van der Waals surface area contributed by atoms with Gasteiger partial charge >= 0.3 is 0 Å². The Morgan fingerprint density at radius 2 is 1.96 bits per heavy atom. The normalized spacial score (nSPS) is 15.6. The monoisotopic (exact) mass is 356 g/mol. The Bertz CT molecular complexity index is 752. The Balaban J connectivity index is 1.64. The summed E-state index contributed by atoms with van der Waals surface area (Å²) < 4.78 is 7.28. The molecule has 2 aromatic rings. The van der Waals surface area contributed by atoms with Crippen molar-refractivity contribution in [1.29, 1.82) is 0 Å². The number of ether oxygens (including phenoxy) is 1. The summed E-state index contributed by atoms with van der Waals surface area (Å²) >= 11 is 0. The van der Waals surface area contributed by atoms with Crippen LogP contribution in [0.25, 0.3) is 0 Å². The molecule has 0 fully saturated rings. The van der Waals surface area contributed by atoms with Crippen LogP contribution in [-0.4, -0.2) is 40.6 Å². The fourth-order valence-corrected chi connectivity index (χ4v) is 3.33. The Labute approximate surface area is 155 Å². The van der Waals surface area contributed by atoms with Gasteiger partial charge in [0.05, 0.1) is 19.7 Å². The number of fused-ring (bicyclic) bond motifs is 1. The lowest BCUT2D eigenvalue weighted by Crippen LogP contribution is -2.35. The van der Waals surface area contributed by atoms with Crippen LogP contribution in [0.4, 0.5) is 0 Å². The van der Waals surface area contributed by atoms with Crippen molar-refractivity contribution in [3.63, 3.8) is 0 Å². The van der Waals surface area contributed by atoms with Gasteiger partial charge in [-0.15, -0.1) is 0 Å². The van der Waals surface area contributed by atoms with Crippen LogP contribution in [0.5, 0.6) is 5.75 Å². The highest BCUT2D eigenvalue weighted by atomic mass is 16.5. The number of nitrogens with one attached hydrogen (secondary N) is 1. The van der Waals surface area contributed by atoms with Crippen molar-refractivity contribution in [2.75, 3.05) is 20.2 Å². The molecule has 1 unspecified atom stereocenters. The summed E-state index contributed by atoms with van der Waals surface area (Å²) in [6.45, 7) is 10.2. The molecule has 3 rings (SSSR count). The van der Waals surface area contributed by atoms with Crippen molar-refractivity contribution in [2.45, 2.75) is 39.9 Å². The van der Waals surface area contributed by atoms with E-state index < -0.39 is 0 Å². The van der Waals surface area contributed by atoms with Crippen molar-refractivity contribution >= 4 is 5.91 Å². The summed E-state index contributed by atoms with van der Waals surface area (Å²) in [6, 6.07) is 7.63. The number of aromatic nitrogens is 2. The number of hydrogen-bond acceptors (Lipinski definition) is 4. The highest BCUT2D eigenvalue weighted by molar-refractivity contribution is 5.92. The van der Waals surface area contributed by atoms with E-state index in [1.54, 1.807) is 7.11 Å². The van der Waals surface area contributed by atoms with Gasteiger partial charge in [-0.25, -0.2) is 4.98 Å². The van der Waals surface area contributed by atoms with Gasteiger partial charge in [-0.1, -0.05) is 26.0 Å². The zero-order chi connectivity index (χ0) is 18.7. The number of nitrogens with zero attached hydrogens (tertiary/aromatic N) is 3. The molecular formula is C20H28N4O2. The molecule has 6 nitrogen and oxygen atoms in total. The van der Waals surface area contributed by atoms with Crippen LogP contribution < -0.4 is 10.1 Å². The third-order valence-electron chi connectivity index (χ3n) is 4.70. The van der Waals surface area contributed by atoms with Crippen molar-refractivity contribution in [3.05, 3.63) is 47.5 Å². The van der Waals surface area contributed by atoms with Gasteiger partial charge in [0.2, 0.25) is 0 Å². The van der Waals surface area contributed by atoms with E-state index in [1.807, 2.05) is 37.4 Å². The predicted octanol–water partition coefficient (Wildman–Crippen LogP) is 2.85. The third-order valence-corrected chi connectivity index (χ3v) is 4.70. The van der Waals surface area contributed by atoms with Crippen molar-refractivity contribution in [2.24, 2.45) is 5.92 Å². The summed E-state index contributed by atoms with van der Waals surface area (Å²) in [7, 11) is 1.64. The fourth-order valence-electron chi connectivity index (χ4n) is 3.33. The van der Waals surface area contributed by atoms with Crippen LogP contribution in [0.15, 0.2) is 30.5 Å². The molecule has 1 aliphatic rings. The van der Waals surface area contributed by atoms with Crippen LogP contribution in [0.3, 0.4) is 0 Å². The number of amides is 1. The van der Waals surface area contributed by atoms with Gasteiger partial charge in [0.15, 0.2) is 0 Å². The summed E-state index contributed by atoms with van der Waals surface area (Å²) in [5, 5.41) is 3.03. The Hall–Kier alpha value is -2.34. The predicted molar refractivity (Wildman–Crippen MR) is 101 cm³/mol. The fraction of sp³-hybridized carbons (Fsp3) is 0.500. The lowest BCUT2D eigenvalue weighted by molar-refractivity contribution is 0.0935. The van der Waals surface area contributed by atoms with E-state index in [-0.39, 0.29) is 11.9 Å². The molecule has 2 heterocycles. The topological polar surface area (TPSA) is 59.4 Å². The number of hydrogen-bond donors (Lipinski definition) is 1. The zero-order valence-electron chi connectivity index (χ0n) is 16.0. The molecule has 0 spiro atoms. The van der Waals surface area contributed by atoms with Crippen molar-refractivity contribution in [1.82, 2.24) is 19.8 Å². The number of imidazole rings is 1. The van der Waals surface area contributed by atoms with E-state index in [0.717, 1.165) is 43.3 Å². The molecule has 0 radical (unpaired) electrons. The van der Waals surface area contributed by atoms with Crippen molar-refractivity contribution < 1.29 is 9.53 Å². The summed E-state index contributed by atoms with van der Waals surface area (Å²) in [5.74, 6) is 2.27. The molecule has 1 aliphatic heterocycles. The Kier molecular flexibility index (Phi) is 5.61. The minimum atomic E-state index is -0.134. The first-order valence-corrected chi connectivity index (χ1v) is 9.19. The molecule has 1 aromatic carbocycles. The molecule has 6 heteroatoms. The van der Waals surface area contributed by atoms with E-state index >= 15 is 0 Å². The van der Waals surface area contributed by atoms with Gasteiger partial charge in [-0.3, -0.25) is 9.69 Å². The maximum Gasteiger partial charge on any atom is 0.271 e. The third kappa shape index (κ3) is 4.25. The van der Waals surface area contributed by atoms with E-state index in [1.165, 1.54) is 0 Å². The molecule has 1 aromatic heterocycles. The summed E-state index contributed by atoms with van der Waals surface area (Å²) in [4.78, 5) is 19.6. The molecule has 0 aliphatic carbocycles. The van der Waals surface area contributed by atoms with E-state index in [4.69, 9.17) is 4.74 Å². The Morgan fingerprint density at radius 3 is 2.62 bits per heavy atom. The average molecular weight is 356 g/mol. The van der Waals surface area contributed by atoms with Gasteiger partial charge in [0.1, 0.15) is 17.3 Å². The molecule has 1 atom stereocenters. The SMILES string of the molecule is COc1ccc(C(C)NC(=O)c2cn3c(n2)CN(CC(C)C)CC3)cc1. The number of carbonyl (C=O) groups is 1. The summed E-state index contributed by atoms with van der Waals surface area (Å²) in [5.41, 5.74) is 1.53. The second-order valence-electron chi connectivity index (χ2n) is 7.33. The van der Waals surface area contributed by atoms with Gasteiger partial charge in [0, 0.05) is 25.8 Å². The minimum Gasteiger partial charge on any atom is -0.497 e. The van der Waals surface area contributed by atoms with Gasteiger partial charge < -0.3 is 14.6 Å². The second-order valence-corrected chi connectivity index (χ2v) is 7.33. The molecule has 140 valence electrons. The van der Waals surface area contributed by atoms with Crippen molar-refractivity contribution in [3.8, 4) is 5.75 Å². The number of benzene rings is 1. The zero-order valence-corrected chi connectivity index (χ0v) is 16.0. The highest BCUT2D eigenvalue weighted by Crippen LogP contribution is 2.18. The molecule has 0 bridgehead atoms. The summed E-state index contributed by atoms with van der Waals surface area (Å²) in [6.07, 6.45) is 1.87. The van der Waals surface area contributed by atoms with Crippen LogP contribution in [0, 0.1) is 5.92 Å². The quantitative estimate of drug-likeness (QED) is 0.865. The first kappa shape index (κ1) is 18.5. The van der Waals surface area contributed by atoms with E-state index in [9.17, 15) is 4.79 Å². The van der Waals surface area contributed by atoms with E-state index in [0.29, 0.717) is 11.6 Å². The second kappa shape index (κ2) is 7.91. The molecule has 1 amide bonds. The molecule has 26 heavy (non-hydrogen) atoms. The first-order valence-electron chi connectivity index (χ1n) is 9.19. The maximum atomic E-state index is 12.6. The van der Waals surface area contributed by atoms with Gasteiger partial charge in [-0.2, -0.15) is 0 Å². The smallest absolute Gasteiger partial charge is 0.271 e. The lowest BCUT2D eigenvalue weighted by Gasteiger charge is -2.28. The molecule has 0 saturated heterocycles.